The average molecular weight is 289 g/mol. The van der Waals surface area contributed by atoms with Crippen molar-refractivity contribution in [3.05, 3.63) is 51.7 Å². The van der Waals surface area contributed by atoms with Crippen LogP contribution in [0.4, 0.5) is 5.69 Å². The predicted octanol–water partition coefficient (Wildman–Crippen LogP) is 2.43. The van der Waals surface area contributed by atoms with Crippen LogP contribution < -0.4 is 10.6 Å². The van der Waals surface area contributed by atoms with Crippen molar-refractivity contribution in [2.75, 3.05) is 11.9 Å². The van der Waals surface area contributed by atoms with Crippen molar-refractivity contribution in [1.29, 1.82) is 0 Å². The zero-order chi connectivity index (χ0) is 14.7. The van der Waals surface area contributed by atoms with Crippen molar-refractivity contribution >= 4 is 28.8 Å². The van der Waals surface area contributed by atoms with Gasteiger partial charge in [-0.1, -0.05) is 17.3 Å². The summed E-state index contributed by atoms with van der Waals surface area (Å²) < 4.78 is 0. The molecule has 0 aliphatic carbocycles. The Kier molecular flexibility index (Phi) is 4.05. The Hall–Kier alpha value is -2.34. The molecule has 0 bridgehead atoms. The number of hydrogen-bond donors (Lipinski definition) is 2. The van der Waals surface area contributed by atoms with Gasteiger partial charge in [-0.15, -0.1) is 11.3 Å². The lowest BCUT2D eigenvalue weighted by atomic mass is 10.1. The van der Waals surface area contributed by atoms with Crippen LogP contribution in [0.25, 0.3) is 0 Å². The number of rotatable bonds is 3. The van der Waals surface area contributed by atoms with E-state index in [0.717, 1.165) is 4.88 Å². The van der Waals surface area contributed by atoms with E-state index >= 15 is 0 Å². The first-order valence-corrected chi connectivity index (χ1v) is 6.77. The second-order valence-corrected chi connectivity index (χ2v) is 5.60. The first-order chi connectivity index (χ1) is 9.52. The van der Waals surface area contributed by atoms with Crippen LogP contribution in [0.15, 0.2) is 41.6 Å². The van der Waals surface area contributed by atoms with Crippen LogP contribution in [-0.2, 0) is 0 Å². The van der Waals surface area contributed by atoms with Gasteiger partial charge in [-0.05, 0) is 31.2 Å². The number of thiophene rings is 1. The molecule has 0 aliphatic heterocycles. The number of carbonyl (C=O) groups excluding carboxylic acids is 1. The van der Waals surface area contributed by atoms with E-state index < -0.39 is 0 Å². The maximum absolute atomic E-state index is 12.3. The molecule has 0 spiro atoms. The van der Waals surface area contributed by atoms with Gasteiger partial charge in [0.05, 0.1) is 4.88 Å². The van der Waals surface area contributed by atoms with E-state index in [1.54, 1.807) is 36.2 Å². The molecule has 5 nitrogen and oxygen atoms in total. The summed E-state index contributed by atoms with van der Waals surface area (Å²) in [6.45, 7) is 1.96. The number of nitrogens with two attached hydrogens (primary N) is 1. The molecule has 0 radical (unpaired) electrons. The SMILES string of the molecule is Cc1ccc(C(=O)N(C)c2cccc(C(N)=NO)c2)s1. The third kappa shape index (κ3) is 2.80. The van der Waals surface area contributed by atoms with Gasteiger partial charge in [0, 0.05) is 23.2 Å². The van der Waals surface area contributed by atoms with Gasteiger partial charge in [-0.3, -0.25) is 4.79 Å². The van der Waals surface area contributed by atoms with Crippen LogP contribution in [-0.4, -0.2) is 24.0 Å². The van der Waals surface area contributed by atoms with Crippen LogP contribution >= 0.6 is 11.3 Å². The lowest BCUT2D eigenvalue weighted by Crippen LogP contribution is -2.25. The molecule has 1 heterocycles. The molecule has 0 fully saturated rings. The molecule has 0 saturated heterocycles. The highest BCUT2D eigenvalue weighted by Crippen LogP contribution is 2.21. The molecule has 0 saturated carbocycles. The van der Waals surface area contributed by atoms with Gasteiger partial charge >= 0.3 is 0 Å². The predicted molar refractivity (Wildman–Crippen MR) is 80.7 cm³/mol. The van der Waals surface area contributed by atoms with Crippen molar-refractivity contribution in [3.63, 3.8) is 0 Å². The smallest absolute Gasteiger partial charge is 0.268 e. The molecular weight excluding hydrogens is 274 g/mol. The summed E-state index contributed by atoms with van der Waals surface area (Å²) in [6.07, 6.45) is 0. The normalized spacial score (nSPS) is 11.4. The zero-order valence-corrected chi connectivity index (χ0v) is 12.0. The standard InChI is InChI=1S/C14H15N3O2S/c1-9-6-7-12(20-9)14(18)17(2)11-5-3-4-10(8-11)13(15)16-19/h3-8,19H,1-2H3,(H2,15,16). The number of oxime groups is 1. The molecule has 20 heavy (non-hydrogen) atoms. The van der Waals surface area contributed by atoms with E-state index in [2.05, 4.69) is 5.16 Å². The maximum atomic E-state index is 12.3. The minimum Gasteiger partial charge on any atom is -0.409 e. The fraction of sp³-hybridized carbons (Fsp3) is 0.143. The Morgan fingerprint density at radius 3 is 2.70 bits per heavy atom. The number of hydrogen-bond acceptors (Lipinski definition) is 4. The quantitative estimate of drug-likeness (QED) is 0.394. The third-order valence-corrected chi connectivity index (χ3v) is 3.88. The van der Waals surface area contributed by atoms with Gasteiger partial charge in [-0.2, -0.15) is 0 Å². The van der Waals surface area contributed by atoms with Gasteiger partial charge in [-0.25, -0.2) is 0 Å². The van der Waals surface area contributed by atoms with Crippen molar-refractivity contribution in [3.8, 4) is 0 Å². The third-order valence-electron chi connectivity index (χ3n) is 2.89. The number of nitrogens with zero attached hydrogens (tertiary/aromatic N) is 2. The number of benzene rings is 1. The first-order valence-electron chi connectivity index (χ1n) is 5.95. The van der Waals surface area contributed by atoms with Gasteiger partial charge < -0.3 is 15.8 Å². The fourth-order valence-electron chi connectivity index (χ4n) is 1.76. The van der Waals surface area contributed by atoms with Crippen LogP contribution in [0.3, 0.4) is 0 Å². The second kappa shape index (κ2) is 5.75. The molecule has 0 aliphatic rings. The van der Waals surface area contributed by atoms with Crippen molar-refractivity contribution in [1.82, 2.24) is 0 Å². The van der Waals surface area contributed by atoms with Crippen LogP contribution in [0.2, 0.25) is 0 Å². The van der Waals surface area contributed by atoms with E-state index in [1.807, 2.05) is 19.1 Å². The Morgan fingerprint density at radius 1 is 1.35 bits per heavy atom. The average Bonchev–Trinajstić information content (AvgIpc) is 2.91. The van der Waals surface area contributed by atoms with E-state index in [4.69, 9.17) is 10.9 Å². The number of carbonyl (C=O) groups is 1. The number of amides is 1. The molecule has 0 unspecified atom stereocenters. The number of amidine groups is 1. The van der Waals surface area contributed by atoms with Crippen molar-refractivity contribution in [2.45, 2.75) is 6.92 Å². The molecule has 1 amide bonds. The summed E-state index contributed by atoms with van der Waals surface area (Å²) >= 11 is 1.45. The Bertz CT molecular complexity index is 664. The van der Waals surface area contributed by atoms with Crippen molar-refractivity contribution in [2.24, 2.45) is 10.9 Å². The molecule has 1 aromatic carbocycles. The minimum absolute atomic E-state index is 0.0136. The highest BCUT2D eigenvalue weighted by molar-refractivity contribution is 7.14. The minimum atomic E-state index is -0.0836. The topological polar surface area (TPSA) is 78.9 Å². The van der Waals surface area contributed by atoms with Crippen molar-refractivity contribution < 1.29 is 10.0 Å². The van der Waals surface area contributed by atoms with Gasteiger partial charge in [0.2, 0.25) is 0 Å². The van der Waals surface area contributed by atoms with E-state index in [9.17, 15) is 4.79 Å². The Labute approximate surface area is 120 Å². The Balaban J connectivity index is 2.29. The summed E-state index contributed by atoms with van der Waals surface area (Å²) in [5.41, 5.74) is 6.80. The summed E-state index contributed by atoms with van der Waals surface area (Å²) in [5, 5.41) is 11.7. The molecule has 2 rings (SSSR count). The number of aryl methyl sites for hydroxylation is 1. The molecule has 0 atom stereocenters. The van der Waals surface area contributed by atoms with E-state index in [0.29, 0.717) is 16.1 Å². The molecule has 1 aromatic heterocycles. The maximum Gasteiger partial charge on any atom is 0.268 e. The van der Waals surface area contributed by atoms with Gasteiger partial charge in [0.1, 0.15) is 0 Å². The van der Waals surface area contributed by atoms with Crippen LogP contribution in [0.5, 0.6) is 0 Å². The van der Waals surface area contributed by atoms with Crippen LogP contribution in [0, 0.1) is 6.92 Å². The summed E-state index contributed by atoms with van der Waals surface area (Å²) in [4.78, 5) is 15.6. The zero-order valence-electron chi connectivity index (χ0n) is 11.2. The van der Waals surface area contributed by atoms with E-state index in [-0.39, 0.29) is 11.7 Å². The lowest BCUT2D eigenvalue weighted by Gasteiger charge is -2.17. The summed E-state index contributed by atoms with van der Waals surface area (Å²) in [6, 6.07) is 10.7. The lowest BCUT2D eigenvalue weighted by molar-refractivity contribution is 0.0997. The highest BCUT2D eigenvalue weighted by atomic mass is 32.1. The molecular formula is C14H15N3O2S. The van der Waals surface area contributed by atoms with Crippen LogP contribution in [0.1, 0.15) is 20.1 Å². The fourth-order valence-corrected chi connectivity index (χ4v) is 2.61. The monoisotopic (exact) mass is 289 g/mol. The number of anilines is 1. The summed E-state index contributed by atoms with van der Waals surface area (Å²) in [5.74, 6) is -0.0700. The molecule has 104 valence electrons. The summed E-state index contributed by atoms with van der Waals surface area (Å²) in [7, 11) is 1.70. The first kappa shape index (κ1) is 14.1. The van der Waals surface area contributed by atoms with Gasteiger partial charge in [0.25, 0.3) is 5.91 Å². The Morgan fingerprint density at radius 2 is 2.10 bits per heavy atom. The van der Waals surface area contributed by atoms with E-state index in [1.165, 1.54) is 11.3 Å². The highest BCUT2D eigenvalue weighted by Gasteiger charge is 2.15. The molecule has 6 heteroatoms. The molecule has 3 N–H and O–H groups in total. The van der Waals surface area contributed by atoms with Gasteiger partial charge in [0.15, 0.2) is 5.84 Å². The largest absolute Gasteiger partial charge is 0.409 e. The second-order valence-electron chi connectivity index (χ2n) is 4.31. The molecule has 2 aromatic rings.